The van der Waals surface area contributed by atoms with E-state index in [1.807, 2.05) is 4.90 Å². The minimum Gasteiger partial charge on any atom is -0.381 e. The van der Waals surface area contributed by atoms with E-state index in [9.17, 15) is 14.0 Å². The molecule has 0 bridgehead atoms. The Labute approximate surface area is 159 Å². The Hall–Kier alpha value is -2.15. The van der Waals surface area contributed by atoms with Gasteiger partial charge in [-0.05, 0) is 49.8 Å². The molecule has 0 aliphatic carbocycles. The molecule has 6 nitrogen and oxygen atoms in total. The van der Waals surface area contributed by atoms with Gasteiger partial charge in [0.25, 0.3) is 0 Å². The molecule has 0 atom stereocenters. The van der Waals surface area contributed by atoms with Crippen molar-refractivity contribution in [3.8, 4) is 0 Å². The predicted octanol–water partition coefficient (Wildman–Crippen LogP) is 2.16. The highest BCUT2D eigenvalue weighted by Crippen LogP contribution is 2.29. The molecule has 0 spiro atoms. The first kappa shape index (κ1) is 19.6. The third kappa shape index (κ3) is 4.77. The molecule has 2 aliphatic rings. The van der Waals surface area contributed by atoms with E-state index in [2.05, 4.69) is 10.6 Å². The first-order chi connectivity index (χ1) is 13.0. The number of carbonyl (C=O) groups excluding carboxylic acids is 2. The highest BCUT2D eigenvalue weighted by Gasteiger charge is 2.42. The van der Waals surface area contributed by atoms with Crippen molar-refractivity contribution in [2.45, 2.75) is 37.6 Å². The van der Waals surface area contributed by atoms with Crippen molar-refractivity contribution in [3.63, 3.8) is 0 Å². The fourth-order valence-corrected chi connectivity index (χ4v) is 3.96. The number of hydrogen-bond acceptors (Lipinski definition) is 4. The predicted molar refractivity (Wildman–Crippen MR) is 101 cm³/mol. The van der Waals surface area contributed by atoms with Gasteiger partial charge in [-0.15, -0.1) is 0 Å². The number of piperidine rings is 1. The molecule has 2 heterocycles. The summed E-state index contributed by atoms with van der Waals surface area (Å²) in [6.45, 7) is 2.49. The number of nitrogens with one attached hydrogen (secondary N) is 2. The van der Waals surface area contributed by atoms with E-state index >= 15 is 0 Å². The number of nitrogens with zero attached hydrogens (tertiary/aromatic N) is 1. The molecule has 2 fully saturated rings. The molecular weight excluding hydrogens is 349 g/mol. The molecule has 2 amide bonds. The van der Waals surface area contributed by atoms with Crippen molar-refractivity contribution >= 4 is 17.5 Å². The van der Waals surface area contributed by atoms with E-state index in [4.69, 9.17) is 4.74 Å². The minimum atomic E-state index is -0.835. The number of anilines is 1. The van der Waals surface area contributed by atoms with Gasteiger partial charge in [0.1, 0.15) is 11.4 Å². The Morgan fingerprint density at radius 3 is 2.59 bits per heavy atom. The number of rotatable bonds is 5. The summed E-state index contributed by atoms with van der Waals surface area (Å²) in [5.41, 5.74) is -0.265. The van der Waals surface area contributed by atoms with Crippen LogP contribution >= 0.6 is 0 Å². The van der Waals surface area contributed by atoms with E-state index in [-0.39, 0.29) is 17.6 Å². The Morgan fingerprint density at radius 1 is 1.26 bits per heavy atom. The van der Waals surface area contributed by atoms with E-state index in [1.54, 1.807) is 19.2 Å². The lowest BCUT2D eigenvalue weighted by atomic mass is 9.85. The number of likely N-dealkylation sites (tertiary alicyclic amines) is 1. The first-order valence-electron chi connectivity index (χ1n) is 9.64. The summed E-state index contributed by atoms with van der Waals surface area (Å²) in [7, 11) is 1.60. The number of likely N-dealkylation sites (N-methyl/N-ethyl adjacent to an activating group) is 1. The van der Waals surface area contributed by atoms with Gasteiger partial charge < -0.3 is 20.3 Å². The minimum absolute atomic E-state index is 0.136. The monoisotopic (exact) mass is 377 g/mol. The van der Waals surface area contributed by atoms with E-state index in [1.165, 1.54) is 12.1 Å². The van der Waals surface area contributed by atoms with Crippen LogP contribution in [0.4, 0.5) is 10.1 Å². The van der Waals surface area contributed by atoms with Crippen LogP contribution in [0.3, 0.4) is 0 Å². The maximum Gasteiger partial charge on any atom is 0.245 e. The molecule has 1 aromatic rings. The van der Waals surface area contributed by atoms with Crippen LogP contribution in [-0.4, -0.2) is 55.6 Å². The zero-order valence-electron chi connectivity index (χ0n) is 15.8. The van der Waals surface area contributed by atoms with Crippen LogP contribution in [0.1, 0.15) is 32.1 Å². The number of hydrogen-bond donors (Lipinski definition) is 2. The quantitative estimate of drug-likeness (QED) is 0.825. The number of carbonyl (C=O) groups is 2. The van der Waals surface area contributed by atoms with Crippen LogP contribution in [0, 0.1) is 11.7 Å². The fraction of sp³-hybridized carbons (Fsp3) is 0.600. The highest BCUT2D eigenvalue weighted by molar-refractivity contribution is 5.90. The maximum absolute atomic E-state index is 13.5. The second-order valence-electron chi connectivity index (χ2n) is 7.44. The molecule has 0 saturated carbocycles. The van der Waals surface area contributed by atoms with Gasteiger partial charge in [-0.3, -0.25) is 9.59 Å². The molecule has 7 heteroatoms. The largest absolute Gasteiger partial charge is 0.381 e. The summed E-state index contributed by atoms with van der Waals surface area (Å²) in [6.07, 6.45) is 3.39. The normalized spacial score (nSPS) is 20.1. The second-order valence-corrected chi connectivity index (χ2v) is 7.44. The maximum atomic E-state index is 13.5. The van der Waals surface area contributed by atoms with E-state index in [0.29, 0.717) is 44.0 Å². The van der Waals surface area contributed by atoms with Crippen molar-refractivity contribution < 1.29 is 18.7 Å². The van der Waals surface area contributed by atoms with Gasteiger partial charge >= 0.3 is 0 Å². The summed E-state index contributed by atoms with van der Waals surface area (Å²) in [4.78, 5) is 27.1. The average molecular weight is 377 g/mol. The lowest BCUT2D eigenvalue weighted by molar-refractivity contribution is -0.137. The van der Waals surface area contributed by atoms with Crippen LogP contribution in [0.2, 0.25) is 0 Å². The molecule has 1 aromatic carbocycles. The van der Waals surface area contributed by atoms with Crippen LogP contribution in [-0.2, 0) is 14.3 Å². The lowest BCUT2D eigenvalue weighted by Gasteiger charge is -2.42. The summed E-state index contributed by atoms with van der Waals surface area (Å²) < 4.78 is 18.9. The van der Waals surface area contributed by atoms with Crippen LogP contribution in [0.25, 0.3) is 0 Å². The summed E-state index contributed by atoms with van der Waals surface area (Å²) >= 11 is 0. The van der Waals surface area contributed by atoms with Gasteiger partial charge in [0.15, 0.2) is 0 Å². The van der Waals surface area contributed by atoms with Crippen LogP contribution in [0.15, 0.2) is 24.3 Å². The van der Waals surface area contributed by atoms with Crippen molar-refractivity contribution in [1.82, 2.24) is 10.2 Å². The highest BCUT2D eigenvalue weighted by atomic mass is 19.1. The fourth-order valence-electron chi connectivity index (χ4n) is 3.96. The van der Waals surface area contributed by atoms with Gasteiger partial charge in [0.05, 0.1) is 0 Å². The summed E-state index contributed by atoms with van der Waals surface area (Å²) in [6, 6.07) is 6.11. The molecule has 2 saturated heterocycles. The molecular formula is C20H28FN3O3. The number of halogens is 1. The van der Waals surface area contributed by atoms with Crippen molar-refractivity contribution in [1.29, 1.82) is 0 Å². The van der Waals surface area contributed by atoms with E-state index < -0.39 is 5.54 Å². The number of ether oxygens (including phenoxy) is 1. The Bertz CT molecular complexity index is 668. The Balaban J connectivity index is 1.63. The molecule has 148 valence electrons. The van der Waals surface area contributed by atoms with Crippen LogP contribution < -0.4 is 10.6 Å². The molecule has 2 N–H and O–H groups in total. The summed E-state index contributed by atoms with van der Waals surface area (Å²) in [5.74, 6) is 0.0554. The molecule has 0 radical (unpaired) electrons. The molecule has 0 unspecified atom stereocenters. The standard InChI is InChI=1S/C20H28FN3O3/c1-22-19(26)20(23-17-4-2-3-16(21)14-17)7-9-24(10-8-20)18(25)13-15-5-11-27-12-6-15/h2-4,14-15,23H,5-13H2,1H3,(H,22,26). The van der Waals surface area contributed by atoms with Crippen LogP contribution in [0.5, 0.6) is 0 Å². The first-order valence-corrected chi connectivity index (χ1v) is 9.64. The topological polar surface area (TPSA) is 70.7 Å². The van der Waals surface area contributed by atoms with Gasteiger partial charge in [0.2, 0.25) is 11.8 Å². The van der Waals surface area contributed by atoms with Crippen molar-refractivity contribution in [3.05, 3.63) is 30.1 Å². The smallest absolute Gasteiger partial charge is 0.245 e. The zero-order valence-corrected chi connectivity index (χ0v) is 15.8. The average Bonchev–Trinajstić information content (AvgIpc) is 2.68. The van der Waals surface area contributed by atoms with Gasteiger partial charge in [-0.1, -0.05) is 6.07 Å². The third-order valence-corrected chi connectivity index (χ3v) is 5.64. The van der Waals surface area contributed by atoms with Gasteiger partial charge in [-0.2, -0.15) is 0 Å². The zero-order chi connectivity index (χ0) is 19.3. The van der Waals surface area contributed by atoms with Crippen molar-refractivity contribution in [2.24, 2.45) is 5.92 Å². The SMILES string of the molecule is CNC(=O)C1(Nc2cccc(F)c2)CCN(C(=O)CC2CCOCC2)CC1. The Morgan fingerprint density at radius 2 is 1.96 bits per heavy atom. The number of benzene rings is 1. The molecule has 3 rings (SSSR count). The van der Waals surface area contributed by atoms with Crippen molar-refractivity contribution in [2.75, 3.05) is 38.7 Å². The number of amides is 2. The second kappa shape index (κ2) is 8.69. The molecule has 0 aromatic heterocycles. The van der Waals surface area contributed by atoms with Gasteiger partial charge in [0, 0.05) is 45.5 Å². The third-order valence-electron chi connectivity index (χ3n) is 5.64. The van der Waals surface area contributed by atoms with E-state index in [0.717, 1.165) is 26.1 Å². The summed E-state index contributed by atoms with van der Waals surface area (Å²) in [5, 5.41) is 5.93. The molecule has 2 aliphatic heterocycles. The molecule has 27 heavy (non-hydrogen) atoms. The van der Waals surface area contributed by atoms with Gasteiger partial charge in [-0.25, -0.2) is 4.39 Å². The lowest BCUT2D eigenvalue weighted by Crippen LogP contribution is -2.58. The Kier molecular flexibility index (Phi) is 6.31.